The van der Waals surface area contributed by atoms with Gasteiger partial charge in [0.25, 0.3) is 15.9 Å². The van der Waals surface area contributed by atoms with E-state index in [0.29, 0.717) is 16.7 Å². The van der Waals surface area contributed by atoms with Gasteiger partial charge in [-0.3, -0.25) is 4.79 Å². The molecule has 0 aromatic heterocycles. The van der Waals surface area contributed by atoms with Crippen LogP contribution in [0.2, 0.25) is 0 Å². The van der Waals surface area contributed by atoms with Crippen molar-refractivity contribution in [3.05, 3.63) is 82.8 Å². The highest BCUT2D eigenvalue weighted by Gasteiger charge is 2.08. The van der Waals surface area contributed by atoms with E-state index < -0.39 is 15.9 Å². The number of hydrogen-bond acceptors (Lipinski definition) is 4. The zero-order valence-corrected chi connectivity index (χ0v) is 13.4. The van der Waals surface area contributed by atoms with Crippen LogP contribution in [0.15, 0.2) is 66.1 Å². The van der Waals surface area contributed by atoms with Gasteiger partial charge < -0.3 is 0 Å². The molecule has 0 aliphatic rings. The number of nitrogens with one attached hydrogen (secondary N) is 1. The molecule has 120 valence electrons. The first kappa shape index (κ1) is 17.2. The molecule has 0 radical (unpaired) electrons. The minimum Gasteiger partial charge on any atom is -0.269 e. The molecule has 1 amide bonds. The monoisotopic (exact) mass is 338 g/mol. The fraction of sp³-hybridized carbons (Fsp3) is 0. The SMILES string of the molecule is N#Cc1cccc(/C=C/C(=O)NS(=O)(=O)/C=C/c2ccccc2)c1. The summed E-state index contributed by atoms with van der Waals surface area (Å²) in [6.07, 6.45) is 3.94. The number of nitrogens with zero attached hydrogens (tertiary/aromatic N) is 1. The van der Waals surface area contributed by atoms with Gasteiger partial charge in [-0.2, -0.15) is 5.26 Å². The number of rotatable bonds is 5. The molecule has 6 heteroatoms. The highest BCUT2D eigenvalue weighted by molar-refractivity contribution is 7.93. The van der Waals surface area contributed by atoms with E-state index in [1.807, 2.05) is 16.9 Å². The maximum absolute atomic E-state index is 11.8. The Hall–Kier alpha value is -3.17. The Labute approximate surface area is 140 Å². The van der Waals surface area contributed by atoms with Gasteiger partial charge in [0.05, 0.1) is 17.0 Å². The molecule has 1 N–H and O–H groups in total. The molecule has 2 rings (SSSR count). The van der Waals surface area contributed by atoms with Crippen molar-refractivity contribution in [2.45, 2.75) is 0 Å². The largest absolute Gasteiger partial charge is 0.269 e. The lowest BCUT2D eigenvalue weighted by molar-refractivity contribution is -0.114. The van der Waals surface area contributed by atoms with Crippen LogP contribution in [-0.2, 0) is 14.8 Å². The lowest BCUT2D eigenvalue weighted by atomic mass is 10.1. The second kappa shape index (κ2) is 7.90. The van der Waals surface area contributed by atoms with E-state index in [1.165, 1.54) is 12.2 Å². The maximum atomic E-state index is 11.8. The van der Waals surface area contributed by atoms with Gasteiger partial charge in [0.15, 0.2) is 0 Å². The number of benzene rings is 2. The number of amides is 1. The van der Waals surface area contributed by atoms with Gasteiger partial charge in [0, 0.05) is 6.08 Å². The fourth-order valence-corrected chi connectivity index (χ4v) is 2.58. The molecule has 0 aliphatic heterocycles. The Morgan fingerprint density at radius 3 is 2.42 bits per heavy atom. The van der Waals surface area contributed by atoms with Crippen molar-refractivity contribution in [2.75, 3.05) is 0 Å². The van der Waals surface area contributed by atoms with Crippen molar-refractivity contribution in [1.82, 2.24) is 4.72 Å². The summed E-state index contributed by atoms with van der Waals surface area (Å²) in [6, 6.07) is 17.5. The third-order valence-corrected chi connectivity index (χ3v) is 3.91. The van der Waals surface area contributed by atoms with Gasteiger partial charge in [-0.25, -0.2) is 13.1 Å². The van der Waals surface area contributed by atoms with Gasteiger partial charge in [0.1, 0.15) is 0 Å². The van der Waals surface area contributed by atoms with E-state index in [0.717, 1.165) is 11.5 Å². The predicted octanol–water partition coefficient (Wildman–Crippen LogP) is 2.69. The first-order valence-electron chi connectivity index (χ1n) is 6.97. The molecule has 5 nitrogen and oxygen atoms in total. The van der Waals surface area contributed by atoms with Crippen LogP contribution in [0.25, 0.3) is 12.2 Å². The summed E-state index contributed by atoms with van der Waals surface area (Å²) in [7, 11) is -3.88. The third kappa shape index (κ3) is 5.55. The summed E-state index contributed by atoms with van der Waals surface area (Å²) in [5.41, 5.74) is 1.79. The molecule has 24 heavy (non-hydrogen) atoms. The Bertz CT molecular complexity index is 924. The van der Waals surface area contributed by atoms with Crippen LogP contribution in [0.1, 0.15) is 16.7 Å². The average molecular weight is 338 g/mol. The molecular formula is C18H14N2O3S. The number of nitriles is 1. The fourth-order valence-electron chi connectivity index (χ4n) is 1.82. The highest BCUT2D eigenvalue weighted by atomic mass is 32.2. The van der Waals surface area contributed by atoms with Gasteiger partial charge >= 0.3 is 0 Å². The second-order valence-corrected chi connectivity index (χ2v) is 6.36. The first-order chi connectivity index (χ1) is 11.5. The Morgan fingerprint density at radius 1 is 1.00 bits per heavy atom. The normalized spacial score (nSPS) is 11.5. The summed E-state index contributed by atoms with van der Waals surface area (Å²) in [5.74, 6) is -0.768. The molecule has 0 spiro atoms. The molecule has 0 saturated carbocycles. The standard InChI is InChI=1S/C18H14N2O3S/c19-14-17-8-4-7-16(13-17)9-10-18(21)20-24(22,23)12-11-15-5-2-1-3-6-15/h1-13H,(H,20,21)/b10-9+,12-11+. The van der Waals surface area contributed by atoms with E-state index in [4.69, 9.17) is 5.26 Å². The number of carbonyl (C=O) groups excluding carboxylic acids is 1. The highest BCUT2D eigenvalue weighted by Crippen LogP contribution is 2.06. The predicted molar refractivity (Wildman–Crippen MR) is 92.7 cm³/mol. The van der Waals surface area contributed by atoms with Crippen molar-refractivity contribution >= 4 is 28.1 Å². The first-order valence-corrected chi connectivity index (χ1v) is 8.51. The Morgan fingerprint density at radius 2 is 1.71 bits per heavy atom. The number of sulfonamides is 1. The van der Waals surface area contributed by atoms with Crippen LogP contribution in [0.4, 0.5) is 0 Å². The summed E-state index contributed by atoms with van der Waals surface area (Å²) in [6.45, 7) is 0. The lowest BCUT2D eigenvalue weighted by Crippen LogP contribution is -2.26. The molecule has 2 aromatic rings. The molecule has 0 saturated heterocycles. The molecular weight excluding hydrogens is 324 g/mol. The topological polar surface area (TPSA) is 87.0 Å². The molecule has 0 fully saturated rings. The molecule has 2 aromatic carbocycles. The van der Waals surface area contributed by atoms with Crippen LogP contribution in [0, 0.1) is 11.3 Å². The van der Waals surface area contributed by atoms with Crippen molar-refractivity contribution < 1.29 is 13.2 Å². The smallest absolute Gasteiger partial charge is 0.257 e. The van der Waals surface area contributed by atoms with Crippen molar-refractivity contribution in [1.29, 1.82) is 5.26 Å². The van der Waals surface area contributed by atoms with Gasteiger partial charge in [-0.15, -0.1) is 0 Å². The van der Waals surface area contributed by atoms with Crippen LogP contribution >= 0.6 is 0 Å². The van der Waals surface area contributed by atoms with Gasteiger partial charge in [-0.05, 0) is 35.4 Å². The minimum atomic E-state index is -3.88. The van der Waals surface area contributed by atoms with E-state index in [9.17, 15) is 13.2 Å². The molecule has 0 atom stereocenters. The zero-order valence-electron chi connectivity index (χ0n) is 12.6. The minimum absolute atomic E-state index is 0.455. The Kier molecular flexibility index (Phi) is 5.66. The molecule has 0 aliphatic carbocycles. The second-order valence-electron chi connectivity index (χ2n) is 4.80. The summed E-state index contributed by atoms with van der Waals surface area (Å²) < 4.78 is 25.6. The van der Waals surface area contributed by atoms with Crippen molar-refractivity contribution in [3.63, 3.8) is 0 Å². The molecule has 0 heterocycles. The van der Waals surface area contributed by atoms with E-state index in [1.54, 1.807) is 48.5 Å². The average Bonchev–Trinajstić information content (AvgIpc) is 2.59. The lowest BCUT2D eigenvalue weighted by Gasteiger charge is -1.99. The number of hydrogen-bond donors (Lipinski definition) is 1. The van der Waals surface area contributed by atoms with Gasteiger partial charge in [-0.1, -0.05) is 42.5 Å². The van der Waals surface area contributed by atoms with Crippen LogP contribution < -0.4 is 4.72 Å². The summed E-state index contributed by atoms with van der Waals surface area (Å²) >= 11 is 0. The van der Waals surface area contributed by atoms with Crippen LogP contribution in [0.5, 0.6) is 0 Å². The summed E-state index contributed by atoms with van der Waals surface area (Å²) in [4.78, 5) is 11.7. The zero-order chi connectivity index (χ0) is 17.4. The quantitative estimate of drug-likeness (QED) is 0.849. The van der Waals surface area contributed by atoms with Gasteiger partial charge in [0.2, 0.25) is 0 Å². The van der Waals surface area contributed by atoms with E-state index >= 15 is 0 Å². The van der Waals surface area contributed by atoms with E-state index in [2.05, 4.69) is 0 Å². The van der Waals surface area contributed by atoms with Crippen LogP contribution in [0.3, 0.4) is 0 Å². The third-order valence-electron chi connectivity index (χ3n) is 2.92. The molecule has 0 bridgehead atoms. The molecule has 0 unspecified atom stereocenters. The van der Waals surface area contributed by atoms with Crippen molar-refractivity contribution in [2.24, 2.45) is 0 Å². The van der Waals surface area contributed by atoms with E-state index in [-0.39, 0.29) is 0 Å². The maximum Gasteiger partial charge on any atom is 0.257 e. The Balaban J connectivity index is 2.01. The van der Waals surface area contributed by atoms with Crippen LogP contribution in [-0.4, -0.2) is 14.3 Å². The summed E-state index contributed by atoms with van der Waals surface area (Å²) in [5, 5.41) is 9.74. The number of carbonyl (C=O) groups is 1. The van der Waals surface area contributed by atoms with Crippen molar-refractivity contribution in [3.8, 4) is 6.07 Å².